The Balaban J connectivity index is 1.96. The van der Waals surface area contributed by atoms with Gasteiger partial charge in [-0.05, 0) is 49.7 Å². The number of ether oxygens (including phenoxy) is 1. The Hall–Kier alpha value is -0.760. The van der Waals surface area contributed by atoms with E-state index in [1.54, 1.807) is 12.7 Å². The predicted molar refractivity (Wildman–Crippen MR) is 67.4 cm³/mol. The molecule has 3 aliphatic rings. The van der Waals surface area contributed by atoms with Gasteiger partial charge >= 0.3 is 0 Å². The van der Waals surface area contributed by atoms with E-state index in [-0.39, 0.29) is 11.5 Å². The third kappa shape index (κ3) is 1.57. The number of hydrogen-bond donors (Lipinski definition) is 1. The highest BCUT2D eigenvalue weighted by atomic mass is 16.5. The molecule has 0 aromatic rings. The zero-order valence-electron chi connectivity index (χ0n) is 10.8. The number of fused-ring (bicyclic) bond motifs is 2. The monoisotopic (exact) mass is 234 g/mol. The summed E-state index contributed by atoms with van der Waals surface area (Å²) in [6, 6.07) is 0. The fraction of sp³-hybridized carbons (Fsp3) is 0.733. The van der Waals surface area contributed by atoms with Crippen LogP contribution < -0.4 is 0 Å². The zero-order valence-corrected chi connectivity index (χ0v) is 10.8. The van der Waals surface area contributed by atoms with Crippen molar-refractivity contribution in [2.24, 2.45) is 11.3 Å². The average molecular weight is 234 g/mol. The van der Waals surface area contributed by atoms with Crippen molar-refractivity contribution < 1.29 is 9.84 Å². The summed E-state index contributed by atoms with van der Waals surface area (Å²) in [6.45, 7) is 2.29. The molecule has 0 spiro atoms. The molecule has 17 heavy (non-hydrogen) atoms. The average Bonchev–Trinajstić information content (AvgIpc) is 2.65. The van der Waals surface area contributed by atoms with Gasteiger partial charge in [-0.15, -0.1) is 0 Å². The van der Waals surface area contributed by atoms with Crippen molar-refractivity contribution in [3.63, 3.8) is 0 Å². The van der Waals surface area contributed by atoms with Crippen molar-refractivity contribution in [2.45, 2.75) is 51.6 Å². The molecule has 2 heteroatoms. The highest BCUT2D eigenvalue weighted by Crippen LogP contribution is 2.56. The number of aliphatic hydroxyl groups is 1. The van der Waals surface area contributed by atoms with E-state index in [9.17, 15) is 5.11 Å². The third-order valence-corrected chi connectivity index (χ3v) is 5.29. The molecule has 0 aliphatic heterocycles. The molecule has 0 amide bonds. The van der Waals surface area contributed by atoms with Crippen LogP contribution in [0.2, 0.25) is 0 Å². The van der Waals surface area contributed by atoms with E-state index in [1.807, 2.05) is 0 Å². The van der Waals surface area contributed by atoms with Crippen LogP contribution in [-0.2, 0) is 4.74 Å². The van der Waals surface area contributed by atoms with Gasteiger partial charge in [-0.1, -0.05) is 12.5 Å². The van der Waals surface area contributed by atoms with E-state index in [2.05, 4.69) is 13.0 Å². The molecule has 1 fully saturated rings. The van der Waals surface area contributed by atoms with Crippen molar-refractivity contribution in [3.05, 3.63) is 23.0 Å². The Labute approximate surface area is 103 Å². The Morgan fingerprint density at radius 3 is 2.88 bits per heavy atom. The molecule has 3 rings (SSSR count). The first-order valence-electron chi connectivity index (χ1n) is 6.79. The number of methoxy groups -OCH3 is 1. The van der Waals surface area contributed by atoms with Crippen LogP contribution in [0.1, 0.15) is 45.4 Å². The number of allylic oxidation sites excluding steroid dienone is 4. The Morgan fingerprint density at radius 1 is 1.29 bits per heavy atom. The first-order chi connectivity index (χ1) is 8.15. The molecular weight excluding hydrogens is 212 g/mol. The molecule has 0 heterocycles. The van der Waals surface area contributed by atoms with Crippen LogP contribution in [0.15, 0.2) is 23.0 Å². The van der Waals surface area contributed by atoms with Crippen LogP contribution in [0.3, 0.4) is 0 Å². The number of aliphatic hydroxyl groups excluding tert-OH is 1. The molecule has 3 aliphatic carbocycles. The SMILES string of the molecule is COC1=CC2=C(CC1)[C@@H]1CC[C@H](O)[C@@]1(C)CC2. The lowest BCUT2D eigenvalue weighted by Crippen LogP contribution is -2.36. The van der Waals surface area contributed by atoms with Gasteiger partial charge in [0.25, 0.3) is 0 Å². The molecule has 3 atom stereocenters. The van der Waals surface area contributed by atoms with Gasteiger partial charge in [-0.25, -0.2) is 0 Å². The Morgan fingerprint density at radius 2 is 2.12 bits per heavy atom. The molecule has 1 N–H and O–H groups in total. The van der Waals surface area contributed by atoms with Crippen LogP contribution in [0.4, 0.5) is 0 Å². The summed E-state index contributed by atoms with van der Waals surface area (Å²) in [4.78, 5) is 0. The minimum absolute atomic E-state index is 0.0886. The second kappa shape index (κ2) is 3.88. The first-order valence-corrected chi connectivity index (χ1v) is 6.79. The summed E-state index contributed by atoms with van der Waals surface area (Å²) >= 11 is 0. The van der Waals surface area contributed by atoms with E-state index < -0.39 is 0 Å². The molecule has 1 saturated carbocycles. The van der Waals surface area contributed by atoms with Crippen LogP contribution in [0.25, 0.3) is 0 Å². The molecular formula is C15H22O2. The standard InChI is InChI=1S/C15H22O2/c1-15-8-7-10-9-11(17-2)3-4-12(10)13(15)5-6-14(15)16/h9,13-14,16H,3-8H2,1-2H3/t13-,14-,15-/m0/s1. The molecule has 0 aromatic carbocycles. The Kier molecular flexibility index (Phi) is 2.58. The van der Waals surface area contributed by atoms with Crippen LogP contribution >= 0.6 is 0 Å². The summed E-state index contributed by atoms with van der Waals surface area (Å²) in [5, 5.41) is 10.2. The summed E-state index contributed by atoms with van der Waals surface area (Å²) in [7, 11) is 1.77. The zero-order chi connectivity index (χ0) is 12.0. The molecule has 0 aromatic heterocycles. The Bertz CT molecular complexity index is 394. The lowest BCUT2D eigenvalue weighted by molar-refractivity contribution is 0.0353. The third-order valence-electron chi connectivity index (χ3n) is 5.29. The summed E-state index contributed by atoms with van der Waals surface area (Å²) < 4.78 is 5.38. The van der Waals surface area contributed by atoms with Gasteiger partial charge < -0.3 is 9.84 Å². The molecule has 0 radical (unpaired) electrons. The molecule has 0 bridgehead atoms. The van der Waals surface area contributed by atoms with Gasteiger partial charge in [0.2, 0.25) is 0 Å². The van der Waals surface area contributed by atoms with E-state index in [0.29, 0.717) is 5.92 Å². The van der Waals surface area contributed by atoms with Gasteiger partial charge in [0.1, 0.15) is 0 Å². The molecule has 94 valence electrons. The van der Waals surface area contributed by atoms with Gasteiger partial charge in [-0.2, -0.15) is 0 Å². The van der Waals surface area contributed by atoms with Gasteiger partial charge in [0, 0.05) is 11.8 Å². The lowest BCUT2D eigenvalue weighted by atomic mass is 9.64. The quantitative estimate of drug-likeness (QED) is 0.755. The van der Waals surface area contributed by atoms with Crippen molar-refractivity contribution in [1.29, 1.82) is 0 Å². The number of hydrogen-bond acceptors (Lipinski definition) is 2. The predicted octanol–water partition coefficient (Wildman–Crippen LogP) is 3.18. The van der Waals surface area contributed by atoms with Crippen LogP contribution in [-0.4, -0.2) is 18.3 Å². The second-order valence-corrected chi connectivity index (χ2v) is 6.02. The van der Waals surface area contributed by atoms with Crippen LogP contribution in [0, 0.1) is 11.3 Å². The maximum absolute atomic E-state index is 10.2. The van der Waals surface area contributed by atoms with Crippen LogP contribution in [0.5, 0.6) is 0 Å². The fourth-order valence-electron chi connectivity index (χ4n) is 4.10. The minimum atomic E-state index is -0.0886. The smallest absolute Gasteiger partial charge is 0.0961 e. The van der Waals surface area contributed by atoms with E-state index in [4.69, 9.17) is 4.74 Å². The topological polar surface area (TPSA) is 29.5 Å². The normalized spacial score (nSPS) is 40.8. The molecule has 0 saturated heterocycles. The van der Waals surface area contributed by atoms with E-state index in [1.165, 1.54) is 12.0 Å². The van der Waals surface area contributed by atoms with Crippen molar-refractivity contribution in [3.8, 4) is 0 Å². The largest absolute Gasteiger partial charge is 0.501 e. The van der Waals surface area contributed by atoms with Gasteiger partial charge in [0.05, 0.1) is 19.0 Å². The van der Waals surface area contributed by atoms with Crippen molar-refractivity contribution >= 4 is 0 Å². The highest BCUT2D eigenvalue weighted by Gasteiger charge is 2.49. The highest BCUT2D eigenvalue weighted by molar-refractivity contribution is 5.37. The number of rotatable bonds is 1. The first kappa shape index (κ1) is 11.3. The maximum atomic E-state index is 10.2. The van der Waals surface area contributed by atoms with Gasteiger partial charge in [-0.3, -0.25) is 0 Å². The van der Waals surface area contributed by atoms with E-state index >= 15 is 0 Å². The summed E-state index contributed by atoms with van der Waals surface area (Å²) in [5.41, 5.74) is 3.28. The fourth-order valence-corrected chi connectivity index (χ4v) is 4.10. The molecule has 2 nitrogen and oxygen atoms in total. The van der Waals surface area contributed by atoms with Gasteiger partial charge in [0.15, 0.2) is 0 Å². The van der Waals surface area contributed by atoms with Crippen molar-refractivity contribution in [2.75, 3.05) is 7.11 Å². The second-order valence-electron chi connectivity index (χ2n) is 6.02. The lowest BCUT2D eigenvalue weighted by Gasteiger charge is -2.42. The minimum Gasteiger partial charge on any atom is -0.501 e. The molecule has 0 unspecified atom stereocenters. The maximum Gasteiger partial charge on any atom is 0.0961 e. The summed E-state index contributed by atoms with van der Waals surface area (Å²) in [6.07, 6.45) is 8.75. The van der Waals surface area contributed by atoms with E-state index in [0.717, 1.165) is 37.9 Å². The summed E-state index contributed by atoms with van der Waals surface area (Å²) in [5.74, 6) is 1.75. The van der Waals surface area contributed by atoms with Crippen molar-refractivity contribution in [1.82, 2.24) is 0 Å².